The maximum Gasteiger partial charge on any atom is 0.161 e. The Morgan fingerprint density at radius 3 is 2.26 bits per heavy atom. The van der Waals surface area contributed by atoms with E-state index in [2.05, 4.69) is 24.3 Å². The summed E-state index contributed by atoms with van der Waals surface area (Å²) in [4.78, 5) is 0. The van der Waals surface area contributed by atoms with Crippen LogP contribution in [-0.4, -0.2) is 17.1 Å². The SMILES string of the molecule is CC1CCCC(C)N1NCc1cc(F)c(F)cc1F. The molecule has 1 aliphatic heterocycles. The van der Waals surface area contributed by atoms with Gasteiger partial charge in [-0.05, 0) is 32.8 Å². The third-order valence-electron chi connectivity index (χ3n) is 3.73. The van der Waals surface area contributed by atoms with Gasteiger partial charge in [0.25, 0.3) is 0 Å². The second kappa shape index (κ2) is 5.92. The van der Waals surface area contributed by atoms with E-state index in [0.717, 1.165) is 18.9 Å². The van der Waals surface area contributed by atoms with Gasteiger partial charge in [-0.25, -0.2) is 18.2 Å². The number of benzene rings is 1. The number of hydrazine groups is 1. The van der Waals surface area contributed by atoms with Crippen LogP contribution in [0.25, 0.3) is 0 Å². The van der Waals surface area contributed by atoms with E-state index in [0.29, 0.717) is 18.2 Å². The van der Waals surface area contributed by atoms with Crippen molar-refractivity contribution < 1.29 is 13.2 Å². The third kappa shape index (κ3) is 3.28. The number of nitrogens with one attached hydrogen (secondary N) is 1. The molecule has 0 radical (unpaired) electrons. The molecule has 2 nitrogen and oxygen atoms in total. The highest BCUT2D eigenvalue weighted by Gasteiger charge is 2.24. The average Bonchev–Trinajstić information content (AvgIpc) is 2.34. The minimum absolute atomic E-state index is 0.142. The van der Waals surface area contributed by atoms with Gasteiger partial charge in [-0.15, -0.1) is 0 Å². The van der Waals surface area contributed by atoms with Gasteiger partial charge in [0.15, 0.2) is 11.6 Å². The first-order valence-electron chi connectivity index (χ1n) is 6.64. The molecular weight excluding hydrogens is 253 g/mol. The molecule has 0 saturated carbocycles. The lowest BCUT2D eigenvalue weighted by molar-refractivity contribution is 0.0431. The van der Waals surface area contributed by atoms with E-state index in [1.165, 1.54) is 6.42 Å². The highest BCUT2D eigenvalue weighted by Crippen LogP contribution is 2.21. The molecule has 1 N–H and O–H groups in total. The molecule has 1 fully saturated rings. The Balaban J connectivity index is 2.04. The fourth-order valence-electron chi connectivity index (χ4n) is 2.61. The van der Waals surface area contributed by atoms with Crippen molar-refractivity contribution >= 4 is 0 Å². The first-order chi connectivity index (χ1) is 8.99. The van der Waals surface area contributed by atoms with Crippen LogP contribution in [0.3, 0.4) is 0 Å². The summed E-state index contributed by atoms with van der Waals surface area (Å²) in [6.45, 7) is 4.37. The molecule has 1 aliphatic rings. The molecule has 0 bridgehead atoms. The first kappa shape index (κ1) is 14.3. The summed E-state index contributed by atoms with van der Waals surface area (Å²) in [5.74, 6) is -2.89. The number of piperidine rings is 1. The van der Waals surface area contributed by atoms with Crippen LogP contribution in [0.5, 0.6) is 0 Å². The molecule has 19 heavy (non-hydrogen) atoms. The number of halogens is 3. The van der Waals surface area contributed by atoms with E-state index in [1.54, 1.807) is 0 Å². The summed E-state index contributed by atoms with van der Waals surface area (Å²) in [7, 11) is 0. The standard InChI is InChI=1S/C14H19F3N2/c1-9-4-3-5-10(2)19(9)18-8-11-6-13(16)14(17)7-12(11)15/h6-7,9-10,18H,3-5,8H2,1-2H3. The lowest BCUT2D eigenvalue weighted by Gasteiger charge is -2.39. The van der Waals surface area contributed by atoms with E-state index in [9.17, 15) is 13.2 Å². The molecule has 0 spiro atoms. The van der Waals surface area contributed by atoms with E-state index in [-0.39, 0.29) is 12.1 Å². The normalized spacial score (nSPS) is 24.7. The lowest BCUT2D eigenvalue weighted by Crippen LogP contribution is -2.51. The number of hydrogen-bond acceptors (Lipinski definition) is 2. The van der Waals surface area contributed by atoms with Crippen molar-refractivity contribution in [2.75, 3.05) is 0 Å². The van der Waals surface area contributed by atoms with Gasteiger partial charge in [-0.1, -0.05) is 6.42 Å². The lowest BCUT2D eigenvalue weighted by atomic mass is 10.00. The van der Waals surface area contributed by atoms with Crippen molar-refractivity contribution in [1.29, 1.82) is 0 Å². The average molecular weight is 272 g/mol. The smallest absolute Gasteiger partial charge is 0.161 e. The minimum Gasteiger partial charge on any atom is -0.250 e. The van der Waals surface area contributed by atoms with E-state index >= 15 is 0 Å². The molecule has 1 aromatic carbocycles. The van der Waals surface area contributed by atoms with Crippen molar-refractivity contribution in [3.8, 4) is 0 Å². The maximum absolute atomic E-state index is 13.5. The molecule has 1 aromatic rings. The first-order valence-corrected chi connectivity index (χ1v) is 6.64. The molecule has 1 saturated heterocycles. The summed E-state index contributed by atoms with van der Waals surface area (Å²) in [5, 5.41) is 2.07. The molecule has 2 rings (SSSR count). The van der Waals surface area contributed by atoms with Gasteiger partial charge in [0.1, 0.15) is 5.82 Å². The Bertz CT molecular complexity index is 441. The summed E-state index contributed by atoms with van der Waals surface area (Å²) in [6.07, 6.45) is 3.34. The Kier molecular flexibility index (Phi) is 4.47. The van der Waals surface area contributed by atoms with Gasteiger partial charge in [-0.2, -0.15) is 0 Å². The molecule has 1 heterocycles. The van der Waals surface area contributed by atoms with Gasteiger partial charge in [0, 0.05) is 30.3 Å². The highest BCUT2D eigenvalue weighted by atomic mass is 19.2. The minimum atomic E-state index is -1.15. The number of rotatable bonds is 3. The summed E-state index contributed by atoms with van der Waals surface area (Å²) in [6, 6.07) is 2.22. The predicted octanol–water partition coefficient (Wildman–Crippen LogP) is 3.37. The molecule has 0 aliphatic carbocycles. The van der Waals surface area contributed by atoms with Gasteiger partial charge in [0.2, 0.25) is 0 Å². The summed E-state index contributed by atoms with van der Waals surface area (Å²) >= 11 is 0. The second-order valence-electron chi connectivity index (χ2n) is 5.23. The maximum atomic E-state index is 13.5. The van der Waals surface area contributed by atoms with Gasteiger partial charge in [0.05, 0.1) is 0 Å². The van der Waals surface area contributed by atoms with Crippen molar-refractivity contribution in [2.45, 2.75) is 51.7 Å². The predicted molar refractivity (Wildman–Crippen MR) is 67.8 cm³/mol. The van der Waals surface area contributed by atoms with Crippen molar-refractivity contribution in [2.24, 2.45) is 0 Å². The number of hydrogen-bond donors (Lipinski definition) is 1. The van der Waals surface area contributed by atoms with E-state index in [4.69, 9.17) is 0 Å². The van der Waals surface area contributed by atoms with E-state index < -0.39 is 17.5 Å². The Morgan fingerprint density at radius 1 is 1.05 bits per heavy atom. The highest BCUT2D eigenvalue weighted by molar-refractivity contribution is 5.19. The molecule has 0 amide bonds. The third-order valence-corrected chi connectivity index (χ3v) is 3.73. The molecule has 2 atom stereocenters. The van der Waals surface area contributed by atoms with Crippen molar-refractivity contribution in [3.05, 3.63) is 35.1 Å². The van der Waals surface area contributed by atoms with Crippen molar-refractivity contribution in [1.82, 2.24) is 10.4 Å². The molecular formula is C14H19F3N2. The van der Waals surface area contributed by atoms with Crippen LogP contribution in [0.15, 0.2) is 12.1 Å². The van der Waals surface area contributed by atoms with Crippen molar-refractivity contribution in [3.63, 3.8) is 0 Å². The zero-order valence-electron chi connectivity index (χ0n) is 11.2. The molecule has 0 aromatic heterocycles. The van der Waals surface area contributed by atoms with Crippen LogP contribution >= 0.6 is 0 Å². The fourth-order valence-corrected chi connectivity index (χ4v) is 2.61. The fraction of sp³-hybridized carbons (Fsp3) is 0.571. The molecule has 106 valence electrons. The van der Waals surface area contributed by atoms with Crippen LogP contribution in [0.4, 0.5) is 13.2 Å². The Labute approximate surface area is 111 Å². The van der Waals surface area contributed by atoms with E-state index in [1.807, 2.05) is 0 Å². The zero-order valence-corrected chi connectivity index (χ0v) is 11.2. The summed E-state index contributed by atoms with van der Waals surface area (Å²) in [5.41, 5.74) is 3.27. The quantitative estimate of drug-likeness (QED) is 0.849. The van der Waals surface area contributed by atoms with Crippen LogP contribution < -0.4 is 5.43 Å². The van der Waals surface area contributed by atoms with Gasteiger partial charge in [-0.3, -0.25) is 5.43 Å². The largest absolute Gasteiger partial charge is 0.250 e. The molecule has 2 unspecified atom stereocenters. The second-order valence-corrected chi connectivity index (χ2v) is 5.23. The Hall–Kier alpha value is -1.07. The molecule has 5 heteroatoms. The van der Waals surface area contributed by atoms with Gasteiger partial charge >= 0.3 is 0 Å². The van der Waals surface area contributed by atoms with Crippen LogP contribution in [-0.2, 0) is 6.54 Å². The van der Waals surface area contributed by atoms with Crippen LogP contribution in [0.2, 0.25) is 0 Å². The van der Waals surface area contributed by atoms with Gasteiger partial charge < -0.3 is 0 Å². The summed E-state index contributed by atoms with van der Waals surface area (Å²) < 4.78 is 39.4. The van der Waals surface area contributed by atoms with Crippen LogP contribution in [0, 0.1) is 17.5 Å². The topological polar surface area (TPSA) is 15.3 Å². The number of nitrogens with zero attached hydrogens (tertiary/aromatic N) is 1. The Morgan fingerprint density at radius 2 is 1.63 bits per heavy atom. The monoisotopic (exact) mass is 272 g/mol. The zero-order chi connectivity index (χ0) is 14.0. The van der Waals surface area contributed by atoms with Crippen LogP contribution in [0.1, 0.15) is 38.7 Å².